The van der Waals surface area contributed by atoms with Crippen molar-refractivity contribution in [3.05, 3.63) is 76.7 Å². The van der Waals surface area contributed by atoms with E-state index in [1.165, 1.54) is 18.3 Å². The van der Waals surface area contributed by atoms with E-state index in [4.69, 9.17) is 11.5 Å². The van der Waals surface area contributed by atoms with Crippen molar-refractivity contribution in [2.45, 2.75) is 65.9 Å². The average Bonchev–Trinajstić information content (AvgIpc) is 3.44. The highest BCUT2D eigenvalue weighted by Crippen LogP contribution is 2.35. The quantitative estimate of drug-likeness (QED) is 0.328. The lowest BCUT2D eigenvalue weighted by atomic mass is 9.84. The van der Waals surface area contributed by atoms with Crippen LogP contribution in [-0.4, -0.2) is 30.3 Å². The van der Waals surface area contributed by atoms with Crippen LogP contribution in [0.5, 0.6) is 0 Å². The minimum atomic E-state index is -0.789. The fraction of sp³-hybridized carbons (Fsp3) is 0.357. The molecule has 1 aliphatic carbocycles. The van der Waals surface area contributed by atoms with Crippen molar-refractivity contribution in [3.8, 4) is 24.4 Å². The van der Waals surface area contributed by atoms with Crippen LogP contribution in [0, 0.1) is 24.5 Å². The molecule has 3 aromatic rings. The van der Waals surface area contributed by atoms with E-state index >= 15 is 0 Å². The van der Waals surface area contributed by atoms with Gasteiger partial charge in [0.25, 0.3) is 0 Å². The monoisotopic (exact) mass is 525 g/mol. The summed E-state index contributed by atoms with van der Waals surface area (Å²) in [5.74, 6) is -1.06. The number of H-pyrrole nitrogens is 1. The van der Waals surface area contributed by atoms with Crippen LogP contribution in [0.15, 0.2) is 47.9 Å². The van der Waals surface area contributed by atoms with Crippen molar-refractivity contribution in [2.24, 2.45) is 11.5 Å². The summed E-state index contributed by atoms with van der Waals surface area (Å²) in [5.41, 5.74) is 14.5. The second kappa shape index (κ2) is 15.9. The van der Waals surface area contributed by atoms with Gasteiger partial charge >= 0.3 is 0 Å². The smallest absolute Gasteiger partial charge is 0.201 e. The maximum atomic E-state index is 14.1. The average molecular weight is 526 g/mol. The molecule has 1 unspecified atom stereocenters. The van der Waals surface area contributed by atoms with Gasteiger partial charge < -0.3 is 16.6 Å². The molecule has 0 radical (unpaired) electrons. The van der Waals surface area contributed by atoms with E-state index in [-0.39, 0.29) is 17.2 Å². The standard InChI is InChI=1S/C22H23F2N7O.2C2H6.C2H2/c1-11(32)21-29-22(31-30-21)18-10-27-9-17(28-18)13-5-2-4-12(20(13)26)8-16(25)19-14(23)6-3-7-15(19)24;3*1-2/h3,6-11,13,32H,2,4-5,25-26H2,1H3,(H,29,30,31);2*1-2H3;1-2H/b16-8-;;;/t11-,13?;;;/m0.../s1. The lowest BCUT2D eigenvalue weighted by molar-refractivity contribution is 0.189. The van der Waals surface area contributed by atoms with Gasteiger partial charge in [-0.1, -0.05) is 33.8 Å². The van der Waals surface area contributed by atoms with Gasteiger partial charge in [0.15, 0.2) is 5.82 Å². The van der Waals surface area contributed by atoms with Crippen LogP contribution in [0.25, 0.3) is 17.2 Å². The Labute approximate surface area is 223 Å². The summed E-state index contributed by atoms with van der Waals surface area (Å²) >= 11 is 0. The maximum absolute atomic E-state index is 14.1. The van der Waals surface area contributed by atoms with Crippen LogP contribution in [0.4, 0.5) is 8.78 Å². The number of halogens is 2. The first-order valence-corrected chi connectivity index (χ1v) is 12.5. The third kappa shape index (κ3) is 7.70. The largest absolute Gasteiger partial charge is 0.401 e. The summed E-state index contributed by atoms with van der Waals surface area (Å²) in [7, 11) is 0. The Balaban J connectivity index is 0.00000112. The first-order chi connectivity index (χ1) is 18.3. The van der Waals surface area contributed by atoms with Crippen LogP contribution in [0.1, 0.15) is 83.0 Å². The number of nitrogens with two attached hydrogens (primary N) is 2. The van der Waals surface area contributed by atoms with Gasteiger partial charge in [0.05, 0.1) is 17.5 Å². The highest BCUT2D eigenvalue weighted by atomic mass is 19.1. The van der Waals surface area contributed by atoms with Gasteiger partial charge in [-0.05, 0) is 50.0 Å². The Morgan fingerprint density at radius 3 is 2.34 bits per heavy atom. The topological polar surface area (TPSA) is 140 Å². The molecule has 204 valence electrons. The van der Waals surface area contributed by atoms with Gasteiger partial charge in [-0.15, -0.1) is 12.8 Å². The molecule has 2 aromatic heterocycles. The molecule has 0 saturated carbocycles. The molecule has 1 aliphatic rings. The SMILES string of the molecule is C#C.CC.CC.C[C@H](O)c1nc(-c2cncc(C3CCCC(/C=C(\N)c4c(F)cccc4F)=C3N)n2)n[nH]1. The van der Waals surface area contributed by atoms with Crippen LogP contribution in [0.3, 0.4) is 0 Å². The lowest BCUT2D eigenvalue weighted by Crippen LogP contribution is -2.19. The fourth-order valence-electron chi connectivity index (χ4n) is 3.75. The summed E-state index contributed by atoms with van der Waals surface area (Å²) in [5, 5.41) is 16.4. The summed E-state index contributed by atoms with van der Waals surface area (Å²) in [6.07, 6.45) is 14.1. The molecular weight excluding hydrogens is 488 g/mol. The number of hydrogen-bond donors (Lipinski definition) is 4. The molecule has 0 bridgehead atoms. The molecule has 2 atom stereocenters. The minimum absolute atomic E-state index is 0.0228. The predicted octanol–water partition coefficient (Wildman–Crippen LogP) is 5.38. The molecule has 2 heterocycles. The van der Waals surface area contributed by atoms with Gasteiger partial charge in [0.1, 0.15) is 23.4 Å². The second-order valence-electron chi connectivity index (χ2n) is 7.67. The number of aliphatic hydroxyl groups excluding tert-OH is 1. The number of nitrogens with zero attached hydrogens (tertiary/aromatic N) is 4. The Hall–Kier alpha value is -4.10. The summed E-state index contributed by atoms with van der Waals surface area (Å²) in [6, 6.07) is 3.61. The Kier molecular flexibility index (Phi) is 13.4. The number of nitrogens with one attached hydrogen (secondary N) is 1. The third-order valence-electron chi connectivity index (χ3n) is 5.40. The van der Waals surface area contributed by atoms with E-state index in [0.29, 0.717) is 40.7 Å². The van der Waals surface area contributed by atoms with Crippen LogP contribution in [0.2, 0.25) is 0 Å². The minimum Gasteiger partial charge on any atom is -0.401 e. The lowest BCUT2D eigenvalue weighted by Gasteiger charge is -2.25. The number of hydrogen-bond acceptors (Lipinski definition) is 7. The molecule has 6 N–H and O–H groups in total. The zero-order chi connectivity index (χ0) is 28.8. The van der Waals surface area contributed by atoms with E-state index in [1.807, 2.05) is 27.7 Å². The number of aromatic nitrogens is 5. The van der Waals surface area contributed by atoms with Crippen molar-refractivity contribution in [1.82, 2.24) is 25.1 Å². The number of allylic oxidation sites excluding steroid dienone is 3. The van der Waals surface area contributed by atoms with Crippen LogP contribution >= 0.6 is 0 Å². The van der Waals surface area contributed by atoms with Gasteiger partial charge in [-0.3, -0.25) is 10.1 Å². The normalized spacial score (nSPS) is 15.6. The van der Waals surface area contributed by atoms with E-state index < -0.39 is 17.7 Å². The molecule has 1 aromatic carbocycles. The molecule has 4 rings (SSSR count). The number of terminal acetylenes is 1. The number of benzene rings is 1. The van der Waals surface area contributed by atoms with Crippen LogP contribution < -0.4 is 11.5 Å². The molecular formula is C28H37F2N7O. The number of aliphatic hydroxyl groups is 1. The molecule has 0 fully saturated rings. The van der Waals surface area contributed by atoms with E-state index in [9.17, 15) is 13.9 Å². The summed E-state index contributed by atoms with van der Waals surface area (Å²) < 4.78 is 28.2. The molecule has 0 amide bonds. The van der Waals surface area contributed by atoms with E-state index in [2.05, 4.69) is 38.0 Å². The zero-order valence-corrected chi connectivity index (χ0v) is 22.5. The van der Waals surface area contributed by atoms with Crippen molar-refractivity contribution >= 4 is 5.70 Å². The number of rotatable bonds is 5. The molecule has 0 aliphatic heterocycles. The Morgan fingerprint density at radius 1 is 1.13 bits per heavy atom. The molecule has 0 saturated heterocycles. The summed E-state index contributed by atoms with van der Waals surface area (Å²) in [4.78, 5) is 13.1. The maximum Gasteiger partial charge on any atom is 0.201 e. The van der Waals surface area contributed by atoms with E-state index in [1.54, 1.807) is 13.1 Å². The van der Waals surface area contributed by atoms with Crippen molar-refractivity contribution in [1.29, 1.82) is 0 Å². The van der Waals surface area contributed by atoms with Crippen molar-refractivity contribution in [2.75, 3.05) is 0 Å². The first kappa shape index (κ1) is 31.9. The molecule has 10 heteroatoms. The van der Waals surface area contributed by atoms with Crippen molar-refractivity contribution < 1.29 is 13.9 Å². The van der Waals surface area contributed by atoms with Gasteiger partial charge in [-0.2, -0.15) is 5.10 Å². The van der Waals surface area contributed by atoms with Gasteiger partial charge in [-0.25, -0.2) is 18.7 Å². The predicted molar refractivity (Wildman–Crippen MR) is 147 cm³/mol. The molecule has 8 nitrogen and oxygen atoms in total. The van der Waals surface area contributed by atoms with Crippen LogP contribution in [-0.2, 0) is 0 Å². The Bertz CT molecular complexity index is 1230. The van der Waals surface area contributed by atoms with E-state index in [0.717, 1.165) is 25.0 Å². The highest BCUT2D eigenvalue weighted by molar-refractivity contribution is 5.67. The molecule has 38 heavy (non-hydrogen) atoms. The van der Waals surface area contributed by atoms with Crippen molar-refractivity contribution in [3.63, 3.8) is 0 Å². The fourth-order valence-corrected chi connectivity index (χ4v) is 3.75. The number of aromatic amines is 1. The Morgan fingerprint density at radius 2 is 1.76 bits per heavy atom. The second-order valence-corrected chi connectivity index (χ2v) is 7.67. The van der Waals surface area contributed by atoms with Gasteiger partial charge in [0, 0.05) is 23.5 Å². The van der Waals surface area contributed by atoms with Gasteiger partial charge in [0.2, 0.25) is 5.82 Å². The third-order valence-corrected chi connectivity index (χ3v) is 5.40. The zero-order valence-electron chi connectivity index (χ0n) is 22.5. The summed E-state index contributed by atoms with van der Waals surface area (Å²) in [6.45, 7) is 9.58. The first-order valence-electron chi connectivity index (χ1n) is 12.5. The molecule has 0 spiro atoms. The highest BCUT2D eigenvalue weighted by Gasteiger charge is 2.25.